The molecule has 0 radical (unpaired) electrons. The van der Waals surface area contributed by atoms with Crippen molar-refractivity contribution in [1.82, 2.24) is 4.90 Å². The maximum absolute atomic E-state index is 11.1. The number of hydrogen-bond donors (Lipinski definition) is 1. The summed E-state index contributed by atoms with van der Waals surface area (Å²) in [5.41, 5.74) is 0. The lowest BCUT2D eigenvalue weighted by molar-refractivity contribution is -0.142. The van der Waals surface area contributed by atoms with Gasteiger partial charge in [0.15, 0.2) is 0 Å². The van der Waals surface area contributed by atoms with Gasteiger partial charge in [-0.1, -0.05) is 26.2 Å². The Morgan fingerprint density at radius 1 is 1.31 bits per heavy atom. The summed E-state index contributed by atoms with van der Waals surface area (Å²) in [7, 11) is 0. The molecule has 16 heavy (non-hydrogen) atoms. The summed E-state index contributed by atoms with van der Waals surface area (Å²) in [4.78, 5) is 13.6. The van der Waals surface area contributed by atoms with E-state index in [-0.39, 0.29) is 5.92 Å². The molecular formula is C13H23NO2. The van der Waals surface area contributed by atoms with E-state index in [0.29, 0.717) is 12.1 Å². The molecule has 92 valence electrons. The molecule has 3 heteroatoms. The molecule has 2 aliphatic heterocycles. The highest BCUT2D eigenvalue weighted by Gasteiger charge is 2.48. The first-order chi connectivity index (χ1) is 7.74. The lowest BCUT2D eigenvalue weighted by atomic mass is 9.89. The molecule has 2 fully saturated rings. The SMILES string of the molecule is CCCCCCN1C2CCC1C(C(=O)O)C2. The zero-order chi connectivity index (χ0) is 11.5. The van der Waals surface area contributed by atoms with Gasteiger partial charge in [-0.05, 0) is 32.2 Å². The molecule has 3 nitrogen and oxygen atoms in total. The molecule has 0 aromatic carbocycles. The van der Waals surface area contributed by atoms with Crippen LogP contribution in [0.3, 0.4) is 0 Å². The summed E-state index contributed by atoms with van der Waals surface area (Å²) in [5.74, 6) is -0.657. The molecule has 1 N–H and O–H groups in total. The van der Waals surface area contributed by atoms with E-state index in [2.05, 4.69) is 11.8 Å². The van der Waals surface area contributed by atoms with Gasteiger partial charge >= 0.3 is 5.97 Å². The highest BCUT2D eigenvalue weighted by Crippen LogP contribution is 2.41. The van der Waals surface area contributed by atoms with Crippen molar-refractivity contribution in [3.8, 4) is 0 Å². The van der Waals surface area contributed by atoms with Crippen LogP contribution in [0.25, 0.3) is 0 Å². The van der Waals surface area contributed by atoms with E-state index >= 15 is 0 Å². The van der Waals surface area contributed by atoms with Crippen LogP contribution in [0.4, 0.5) is 0 Å². The Bertz CT molecular complexity index is 254. The topological polar surface area (TPSA) is 40.5 Å². The Hall–Kier alpha value is -0.570. The first kappa shape index (κ1) is 11.9. The highest BCUT2D eigenvalue weighted by molar-refractivity contribution is 5.71. The van der Waals surface area contributed by atoms with Gasteiger partial charge in [0.05, 0.1) is 5.92 Å². The van der Waals surface area contributed by atoms with Gasteiger partial charge in [0.2, 0.25) is 0 Å². The van der Waals surface area contributed by atoms with E-state index in [1.165, 1.54) is 32.1 Å². The third-order valence-electron chi connectivity index (χ3n) is 4.27. The third-order valence-corrected chi connectivity index (χ3v) is 4.27. The largest absolute Gasteiger partial charge is 0.481 e. The average Bonchev–Trinajstić information content (AvgIpc) is 2.81. The summed E-state index contributed by atoms with van der Waals surface area (Å²) in [6.07, 6.45) is 8.35. The van der Waals surface area contributed by atoms with Crippen molar-refractivity contribution < 1.29 is 9.90 Å². The summed E-state index contributed by atoms with van der Waals surface area (Å²) < 4.78 is 0. The molecule has 0 aromatic heterocycles. The van der Waals surface area contributed by atoms with E-state index in [0.717, 1.165) is 19.4 Å². The molecule has 0 aliphatic carbocycles. The zero-order valence-electron chi connectivity index (χ0n) is 10.2. The maximum atomic E-state index is 11.1. The lowest BCUT2D eigenvalue weighted by Gasteiger charge is -2.22. The Kier molecular flexibility index (Phi) is 3.85. The van der Waals surface area contributed by atoms with Crippen LogP contribution in [0.2, 0.25) is 0 Å². The van der Waals surface area contributed by atoms with Gasteiger partial charge in [0, 0.05) is 12.1 Å². The average molecular weight is 225 g/mol. The Balaban J connectivity index is 1.80. The predicted molar refractivity (Wildman–Crippen MR) is 63.4 cm³/mol. The van der Waals surface area contributed by atoms with E-state index in [1.54, 1.807) is 0 Å². The fraction of sp³-hybridized carbons (Fsp3) is 0.923. The number of carboxylic acid groups (broad SMARTS) is 1. The van der Waals surface area contributed by atoms with Crippen molar-refractivity contribution in [3.05, 3.63) is 0 Å². The van der Waals surface area contributed by atoms with Crippen molar-refractivity contribution in [3.63, 3.8) is 0 Å². The Morgan fingerprint density at radius 2 is 2.12 bits per heavy atom. The molecule has 0 spiro atoms. The monoisotopic (exact) mass is 225 g/mol. The molecule has 2 aliphatic rings. The second-order valence-electron chi connectivity index (χ2n) is 5.28. The predicted octanol–water partition coefficient (Wildman–Crippen LogP) is 2.50. The normalized spacial score (nSPS) is 33.4. The molecule has 2 heterocycles. The minimum Gasteiger partial charge on any atom is -0.481 e. The van der Waals surface area contributed by atoms with E-state index in [9.17, 15) is 4.79 Å². The van der Waals surface area contributed by atoms with Gasteiger partial charge in [-0.3, -0.25) is 9.69 Å². The second-order valence-corrected chi connectivity index (χ2v) is 5.28. The number of fused-ring (bicyclic) bond motifs is 2. The summed E-state index contributed by atoms with van der Waals surface area (Å²) in [5, 5.41) is 9.14. The van der Waals surface area contributed by atoms with Crippen LogP contribution in [0.1, 0.15) is 51.9 Å². The maximum Gasteiger partial charge on any atom is 0.308 e. The van der Waals surface area contributed by atoms with Crippen LogP contribution in [0.15, 0.2) is 0 Å². The van der Waals surface area contributed by atoms with Crippen LogP contribution in [-0.2, 0) is 4.79 Å². The van der Waals surface area contributed by atoms with Crippen LogP contribution in [-0.4, -0.2) is 34.6 Å². The van der Waals surface area contributed by atoms with Crippen LogP contribution in [0.5, 0.6) is 0 Å². The van der Waals surface area contributed by atoms with Gasteiger partial charge in [-0.2, -0.15) is 0 Å². The summed E-state index contributed by atoms with van der Waals surface area (Å²) in [6.45, 7) is 3.35. The number of hydrogen-bond acceptors (Lipinski definition) is 2. The van der Waals surface area contributed by atoms with Gasteiger partial charge in [-0.15, -0.1) is 0 Å². The number of unbranched alkanes of at least 4 members (excludes halogenated alkanes) is 3. The van der Waals surface area contributed by atoms with Crippen LogP contribution >= 0.6 is 0 Å². The molecule has 3 atom stereocenters. The molecule has 3 unspecified atom stereocenters. The standard InChI is InChI=1S/C13H23NO2/c1-2-3-4-5-8-14-10-6-7-12(14)11(9-10)13(15)16/h10-12H,2-9H2,1H3,(H,15,16). The van der Waals surface area contributed by atoms with Crippen LogP contribution in [0, 0.1) is 5.92 Å². The molecule has 0 aromatic rings. The van der Waals surface area contributed by atoms with Crippen molar-refractivity contribution >= 4 is 5.97 Å². The molecular weight excluding hydrogens is 202 g/mol. The first-order valence-corrected chi connectivity index (χ1v) is 6.72. The number of aliphatic carboxylic acids is 1. The van der Waals surface area contributed by atoms with Crippen molar-refractivity contribution in [2.45, 2.75) is 64.0 Å². The Morgan fingerprint density at radius 3 is 2.75 bits per heavy atom. The minimum atomic E-state index is -0.578. The number of carboxylic acids is 1. The third kappa shape index (κ3) is 2.24. The van der Waals surface area contributed by atoms with Crippen LogP contribution < -0.4 is 0 Å². The molecule has 2 bridgehead atoms. The Labute approximate surface area is 97.8 Å². The highest BCUT2D eigenvalue weighted by atomic mass is 16.4. The quantitative estimate of drug-likeness (QED) is 0.706. The smallest absolute Gasteiger partial charge is 0.308 e. The molecule has 2 saturated heterocycles. The number of rotatable bonds is 6. The van der Waals surface area contributed by atoms with Gasteiger partial charge in [-0.25, -0.2) is 0 Å². The van der Waals surface area contributed by atoms with Crippen molar-refractivity contribution in [1.29, 1.82) is 0 Å². The first-order valence-electron chi connectivity index (χ1n) is 6.72. The minimum absolute atomic E-state index is 0.0788. The van der Waals surface area contributed by atoms with E-state index in [4.69, 9.17) is 5.11 Å². The second kappa shape index (κ2) is 5.17. The van der Waals surface area contributed by atoms with Gasteiger partial charge < -0.3 is 5.11 Å². The fourth-order valence-corrected chi connectivity index (χ4v) is 3.44. The lowest BCUT2D eigenvalue weighted by Crippen LogP contribution is -2.33. The number of carbonyl (C=O) groups is 1. The van der Waals surface area contributed by atoms with Gasteiger partial charge in [0.1, 0.15) is 0 Å². The van der Waals surface area contributed by atoms with E-state index in [1.807, 2.05) is 0 Å². The summed E-state index contributed by atoms with van der Waals surface area (Å²) >= 11 is 0. The zero-order valence-corrected chi connectivity index (χ0v) is 10.2. The molecule has 2 rings (SSSR count). The van der Waals surface area contributed by atoms with Crippen molar-refractivity contribution in [2.24, 2.45) is 5.92 Å². The van der Waals surface area contributed by atoms with Gasteiger partial charge in [0.25, 0.3) is 0 Å². The molecule has 0 amide bonds. The molecule has 0 saturated carbocycles. The van der Waals surface area contributed by atoms with Crippen molar-refractivity contribution in [2.75, 3.05) is 6.54 Å². The number of nitrogens with zero attached hydrogens (tertiary/aromatic N) is 1. The van der Waals surface area contributed by atoms with E-state index < -0.39 is 5.97 Å². The summed E-state index contributed by atoms with van der Waals surface area (Å²) in [6, 6.07) is 0.928. The fourth-order valence-electron chi connectivity index (χ4n) is 3.44.